The lowest BCUT2D eigenvalue weighted by atomic mass is 9.82. The number of aromatic nitrogens is 3. The number of pyridine rings is 1. The normalized spacial score (nSPS) is 17.6. The van der Waals surface area contributed by atoms with E-state index in [1.807, 2.05) is 13.0 Å². The van der Waals surface area contributed by atoms with Gasteiger partial charge in [-0.3, -0.25) is 14.8 Å². The number of aliphatic imine (C=N–C) groups is 1. The van der Waals surface area contributed by atoms with Crippen LogP contribution in [0.1, 0.15) is 34.1 Å². The first-order valence-electron chi connectivity index (χ1n) is 9.15. The van der Waals surface area contributed by atoms with E-state index in [0.717, 1.165) is 11.1 Å². The Kier molecular flexibility index (Phi) is 4.86. The van der Waals surface area contributed by atoms with Crippen molar-refractivity contribution in [2.75, 3.05) is 12.4 Å². The Hall–Kier alpha value is -3.88. The zero-order valence-corrected chi connectivity index (χ0v) is 16.4. The molecule has 0 bridgehead atoms. The van der Waals surface area contributed by atoms with Crippen LogP contribution in [0.15, 0.2) is 54.0 Å². The van der Waals surface area contributed by atoms with Gasteiger partial charge in [-0.05, 0) is 36.8 Å². The number of nitrogens with zero attached hydrogens (tertiary/aromatic N) is 4. The van der Waals surface area contributed by atoms with Gasteiger partial charge in [0.25, 0.3) is 5.91 Å². The van der Waals surface area contributed by atoms with Gasteiger partial charge in [-0.2, -0.15) is 0 Å². The number of hydrogen-bond donors (Lipinski definition) is 2. The third-order valence-electron chi connectivity index (χ3n) is 4.96. The number of anilines is 1. The van der Waals surface area contributed by atoms with Crippen molar-refractivity contribution >= 4 is 17.4 Å². The molecule has 30 heavy (non-hydrogen) atoms. The first kappa shape index (κ1) is 19.4. The molecule has 0 saturated heterocycles. The fourth-order valence-electron chi connectivity index (χ4n) is 3.45. The Morgan fingerprint density at radius 2 is 2.07 bits per heavy atom. The summed E-state index contributed by atoms with van der Waals surface area (Å²) >= 11 is 0. The maximum Gasteiger partial charge on any atom is 0.275 e. The summed E-state index contributed by atoms with van der Waals surface area (Å²) in [6.45, 7) is 1.81. The fraction of sp³-hybridized carbons (Fsp3) is 0.190. The predicted octanol–water partition coefficient (Wildman–Crippen LogP) is 2.45. The maximum atomic E-state index is 14.8. The van der Waals surface area contributed by atoms with Crippen LogP contribution in [-0.2, 0) is 12.0 Å². The van der Waals surface area contributed by atoms with Crippen molar-refractivity contribution < 1.29 is 13.9 Å². The van der Waals surface area contributed by atoms with Gasteiger partial charge in [-0.25, -0.2) is 14.4 Å². The molecule has 1 aromatic carbocycles. The van der Waals surface area contributed by atoms with E-state index in [9.17, 15) is 9.18 Å². The highest BCUT2D eigenvalue weighted by Gasteiger charge is 2.34. The van der Waals surface area contributed by atoms with Crippen LogP contribution in [0.3, 0.4) is 0 Å². The number of carbonyl (C=O) groups is 1. The van der Waals surface area contributed by atoms with Crippen molar-refractivity contribution in [1.82, 2.24) is 15.0 Å². The van der Waals surface area contributed by atoms with Gasteiger partial charge in [0.15, 0.2) is 0 Å². The Bertz CT molecular complexity index is 1150. The van der Waals surface area contributed by atoms with Crippen molar-refractivity contribution in [3.8, 4) is 5.88 Å². The topological polar surface area (TPSA) is 115 Å². The Labute approximate surface area is 172 Å². The number of hydrogen-bond acceptors (Lipinski definition) is 7. The van der Waals surface area contributed by atoms with E-state index in [1.54, 1.807) is 18.5 Å². The average Bonchev–Trinajstić information content (AvgIpc) is 2.75. The van der Waals surface area contributed by atoms with E-state index < -0.39 is 17.3 Å². The third kappa shape index (κ3) is 3.57. The molecular weight excluding hydrogens is 387 g/mol. The summed E-state index contributed by atoms with van der Waals surface area (Å²) in [6, 6.07) is 6.18. The Morgan fingerprint density at radius 1 is 1.23 bits per heavy atom. The molecule has 3 aromatic rings. The average molecular weight is 406 g/mol. The second-order valence-electron chi connectivity index (χ2n) is 7.07. The summed E-state index contributed by atoms with van der Waals surface area (Å²) in [7, 11) is 1.46. The third-order valence-corrected chi connectivity index (χ3v) is 4.96. The smallest absolute Gasteiger partial charge is 0.275 e. The van der Waals surface area contributed by atoms with E-state index in [0.29, 0.717) is 29.4 Å². The van der Waals surface area contributed by atoms with Crippen LogP contribution in [0, 0.1) is 5.82 Å². The van der Waals surface area contributed by atoms with Crippen LogP contribution in [0.4, 0.5) is 10.1 Å². The second-order valence-corrected chi connectivity index (χ2v) is 7.07. The van der Waals surface area contributed by atoms with Gasteiger partial charge in [0, 0.05) is 35.6 Å². The number of rotatable bonds is 4. The molecule has 1 aliphatic heterocycles. The SMILES string of the molecule is COc1cnc(C(=O)Nc2ccc(F)c(C3(C)Cc4ccncc4C(N)=N3)c2)cn1. The highest BCUT2D eigenvalue weighted by molar-refractivity contribution is 6.03. The minimum absolute atomic E-state index is 0.106. The monoisotopic (exact) mass is 406 g/mol. The van der Waals surface area contributed by atoms with Crippen LogP contribution in [0.2, 0.25) is 0 Å². The molecule has 9 heteroatoms. The highest BCUT2D eigenvalue weighted by Crippen LogP contribution is 2.37. The molecule has 1 aliphatic rings. The summed E-state index contributed by atoms with van der Waals surface area (Å²) < 4.78 is 19.7. The molecule has 152 valence electrons. The molecule has 3 heterocycles. The van der Waals surface area contributed by atoms with Crippen LogP contribution in [0.5, 0.6) is 5.88 Å². The predicted molar refractivity (Wildman–Crippen MR) is 109 cm³/mol. The first-order valence-corrected chi connectivity index (χ1v) is 9.15. The largest absolute Gasteiger partial charge is 0.480 e. The molecular formula is C21H19FN6O2. The standard InChI is InChI=1S/C21H19FN6O2/c1-21(8-12-5-6-24-9-14(12)19(23)28-21)15-7-13(3-4-16(15)22)27-20(29)17-10-26-18(30-2)11-25-17/h3-7,9-11H,8H2,1-2H3,(H2,23,28)(H,27,29). The quantitative estimate of drug-likeness (QED) is 0.688. The van der Waals surface area contributed by atoms with Crippen molar-refractivity contribution in [3.05, 3.63) is 77.3 Å². The molecule has 0 spiro atoms. The molecule has 1 amide bonds. The van der Waals surface area contributed by atoms with Crippen molar-refractivity contribution in [1.29, 1.82) is 0 Å². The van der Waals surface area contributed by atoms with Gasteiger partial charge >= 0.3 is 0 Å². The number of nitrogens with one attached hydrogen (secondary N) is 1. The van der Waals surface area contributed by atoms with Gasteiger partial charge < -0.3 is 15.8 Å². The Balaban J connectivity index is 1.64. The van der Waals surface area contributed by atoms with E-state index >= 15 is 0 Å². The molecule has 2 aromatic heterocycles. The van der Waals surface area contributed by atoms with Crippen molar-refractivity contribution in [2.45, 2.75) is 18.9 Å². The minimum Gasteiger partial charge on any atom is -0.480 e. The summed E-state index contributed by atoms with van der Waals surface area (Å²) in [6.07, 6.45) is 6.41. The van der Waals surface area contributed by atoms with Gasteiger partial charge in [0.05, 0.1) is 25.0 Å². The van der Waals surface area contributed by atoms with Crippen LogP contribution >= 0.6 is 0 Å². The van der Waals surface area contributed by atoms with Gasteiger partial charge in [-0.1, -0.05) is 0 Å². The molecule has 0 saturated carbocycles. The zero-order valence-electron chi connectivity index (χ0n) is 16.4. The van der Waals surface area contributed by atoms with Gasteiger partial charge in [-0.15, -0.1) is 0 Å². The number of amides is 1. The fourth-order valence-corrected chi connectivity index (χ4v) is 3.45. The lowest BCUT2D eigenvalue weighted by molar-refractivity contribution is 0.102. The van der Waals surface area contributed by atoms with E-state index in [1.165, 1.54) is 31.6 Å². The van der Waals surface area contributed by atoms with Crippen molar-refractivity contribution in [2.24, 2.45) is 10.7 Å². The number of nitrogens with two attached hydrogens (primary N) is 1. The number of halogens is 1. The molecule has 0 radical (unpaired) electrons. The van der Waals surface area contributed by atoms with E-state index in [2.05, 4.69) is 25.3 Å². The number of methoxy groups -OCH3 is 1. The van der Waals surface area contributed by atoms with Crippen LogP contribution in [-0.4, -0.2) is 33.8 Å². The van der Waals surface area contributed by atoms with Crippen LogP contribution in [0.25, 0.3) is 0 Å². The number of ether oxygens (including phenoxy) is 1. The Morgan fingerprint density at radius 3 is 2.80 bits per heavy atom. The van der Waals surface area contributed by atoms with E-state index in [-0.39, 0.29) is 5.69 Å². The summed E-state index contributed by atoms with van der Waals surface area (Å²) in [5.41, 5.74) is 7.71. The second kappa shape index (κ2) is 7.51. The lowest BCUT2D eigenvalue weighted by Gasteiger charge is -2.32. The number of amidine groups is 1. The zero-order chi connectivity index (χ0) is 21.3. The van der Waals surface area contributed by atoms with Gasteiger partial charge in [0.1, 0.15) is 17.3 Å². The summed E-state index contributed by atoms with van der Waals surface area (Å²) in [5.74, 6) is -0.314. The molecule has 4 rings (SSSR count). The van der Waals surface area contributed by atoms with Crippen LogP contribution < -0.4 is 15.8 Å². The minimum atomic E-state index is -0.927. The number of carbonyl (C=O) groups excluding carboxylic acids is 1. The van der Waals surface area contributed by atoms with Crippen molar-refractivity contribution in [3.63, 3.8) is 0 Å². The number of benzene rings is 1. The maximum absolute atomic E-state index is 14.8. The molecule has 3 N–H and O–H groups in total. The molecule has 8 nitrogen and oxygen atoms in total. The van der Waals surface area contributed by atoms with Gasteiger partial charge in [0.2, 0.25) is 5.88 Å². The molecule has 1 atom stereocenters. The van der Waals surface area contributed by atoms with E-state index in [4.69, 9.17) is 10.5 Å². The molecule has 0 fully saturated rings. The summed E-state index contributed by atoms with van der Waals surface area (Å²) in [4.78, 5) is 29.1. The summed E-state index contributed by atoms with van der Waals surface area (Å²) in [5, 5.41) is 2.71. The first-order chi connectivity index (χ1) is 14.4. The molecule has 1 unspecified atom stereocenters. The number of fused-ring (bicyclic) bond motifs is 1. The lowest BCUT2D eigenvalue weighted by Crippen LogP contribution is -2.34. The molecule has 0 aliphatic carbocycles. The highest BCUT2D eigenvalue weighted by atomic mass is 19.1.